The molecule has 0 aromatic heterocycles. The van der Waals surface area contributed by atoms with Crippen LogP contribution in [0.2, 0.25) is 0 Å². The highest BCUT2D eigenvalue weighted by Gasteiger charge is 2.48. The van der Waals surface area contributed by atoms with Crippen molar-refractivity contribution < 1.29 is 29.2 Å². The van der Waals surface area contributed by atoms with Crippen molar-refractivity contribution in [2.24, 2.45) is 5.73 Å². The number of rotatable bonds is 5. The number of hydrogen-bond acceptors (Lipinski definition) is 9. The molecule has 30 heavy (non-hydrogen) atoms. The molecule has 2 aliphatic rings. The lowest BCUT2D eigenvalue weighted by atomic mass is 9.83. The van der Waals surface area contributed by atoms with Crippen LogP contribution in [-0.2, 0) is 19.1 Å². The first kappa shape index (κ1) is 20.9. The maximum Gasteiger partial charge on any atom is 0.338 e. The molecule has 2 aliphatic heterocycles. The smallest absolute Gasteiger partial charge is 0.338 e. The summed E-state index contributed by atoms with van der Waals surface area (Å²) in [6.07, 6.45) is -0.509. The largest absolute Gasteiger partial charge is 0.481 e. The van der Waals surface area contributed by atoms with Crippen LogP contribution in [0.15, 0.2) is 46.3 Å². The lowest BCUT2D eigenvalue weighted by Crippen LogP contribution is -2.39. The van der Waals surface area contributed by atoms with Gasteiger partial charge in [0, 0.05) is 12.1 Å². The molecule has 12 heteroatoms. The lowest BCUT2D eigenvalue weighted by Gasteiger charge is -2.31. The monoisotopic (exact) mass is 430 g/mol. The van der Waals surface area contributed by atoms with Crippen LogP contribution < -0.4 is 5.73 Å². The Bertz CT molecular complexity index is 1090. The van der Waals surface area contributed by atoms with Crippen molar-refractivity contribution in [3.05, 3.63) is 61.9 Å². The summed E-state index contributed by atoms with van der Waals surface area (Å²) in [5, 5.41) is 29.1. The molecule has 1 saturated heterocycles. The maximum absolute atomic E-state index is 12.7. The molecule has 0 saturated carbocycles. The zero-order chi connectivity index (χ0) is 22.2. The number of nitriles is 1. The third-order valence-corrected chi connectivity index (χ3v) is 5.86. The summed E-state index contributed by atoms with van der Waals surface area (Å²) in [7, 11) is 1.09. The quantitative estimate of drug-likeness (QED) is 0.392. The van der Waals surface area contributed by atoms with Gasteiger partial charge in [0.2, 0.25) is 5.91 Å². The number of benzene rings is 1. The molecule has 154 valence electrons. The van der Waals surface area contributed by atoms with E-state index < -0.39 is 40.4 Å². The van der Waals surface area contributed by atoms with E-state index in [1.807, 2.05) is 6.07 Å². The number of amides is 1. The molecular formula is C18H14N4O7S. The van der Waals surface area contributed by atoms with Crippen LogP contribution in [0.1, 0.15) is 17.9 Å². The first-order valence-corrected chi connectivity index (χ1v) is 9.28. The van der Waals surface area contributed by atoms with Gasteiger partial charge in [0.1, 0.15) is 11.1 Å². The molecule has 2 heterocycles. The number of hydrogen-bond donors (Lipinski definition) is 2. The topological polar surface area (TPSA) is 177 Å². The summed E-state index contributed by atoms with van der Waals surface area (Å²) >= 11 is 0.850. The Balaban J connectivity index is 2.25. The number of nitrogens with two attached hydrogens (primary N) is 1. The van der Waals surface area contributed by atoms with E-state index in [4.69, 9.17) is 15.6 Å². The predicted molar refractivity (Wildman–Crippen MR) is 102 cm³/mol. The molecule has 0 spiro atoms. The molecule has 0 bridgehead atoms. The molecule has 1 fully saturated rings. The van der Waals surface area contributed by atoms with E-state index in [9.17, 15) is 29.8 Å². The van der Waals surface area contributed by atoms with E-state index in [2.05, 4.69) is 0 Å². The third-order valence-electron chi connectivity index (χ3n) is 4.58. The minimum atomic E-state index is -1.22. The Kier molecular flexibility index (Phi) is 5.48. The van der Waals surface area contributed by atoms with Crippen molar-refractivity contribution in [2.75, 3.05) is 7.11 Å². The molecule has 2 unspecified atom stereocenters. The lowest BCUT2D eigenvalue weighted by molar-refractivity contribution is -0.384. The number of carboxylic acid groups (broad SMARTS) is 1. The Morgan fingerprint density at radius 3 is 2.73 bits per heavy atom. The van der Waals surface area contributed by atoms with Gasteiger partial charge in [-0.1, -0.05) is 23.9 Å². The number of nitro benzene ring substituents is 1. The van der Waals surface area contributed by atoms with E-state index in [1.165, 1.54) is 24.3 Å². The van der Waals surface area contributed by atoms with Crippen LogP contribution in [-0.4, -0.2) is 45.1 Å². The van der Waals surface area contributed by atoms with E-state index >= 15 is 0 Å². The van der Waals surface area contributed by atoms with Crippen molar-refractivity contribution in [1.82, 2.24) is 4.90 Å². The minimum Gasteiger partial charge on any atom is -0.481 e. The van der Waals surface area contributed by atoms with E-state index in [1.54, 1.807) is 0 Å². The van der Waals surface area contributed by atoms with Crippen molar-refractivity contribution >= 4 is 35.3 Å². The summed E-state index contributed by atoms with van der Waals surface area (Å²) in [6, 6.07) is 7.27. The molecule has 1 amide bonds. The highest BCUT2D eigenvalue weighted by Crippen LogP contribution is 2.50. The Morgan fingerprint density at radius 2 is 2.17 bits per heavy atom. The average Bonchev–Trinajstić information content (AvgIpc) is 3.03. The van der Waals surface area contributed by atoms with Crippen molar-refractivity contribution in [1.29, 1.82) is 5.26 Å². The number of allylic oxidation sites excluding steroid dienone is 1. The minimum absolute atomic E-state index is 0.0589. The third kappa shape index (κ3) is 3.35. The number of esters is 1. The summed E-state index contributed by atoms with van der Waals surface area (Å²) in [5.41, 5.74) is 5.78. The fourth-order valence-corrected chi connectivity index (χ4v) is 4.60. The second-order valence-electron chi connectivity index (χ2n) is 6.28. The number of methoxy groups -OCH3 is 1. The highest BCUT2D eigenvalue weighted by molar-refractivity contribution is 8.04. The van der Waals surface area contributed by atoms with Gasteiger partial charge in [0.05, 0.1) is 46.6 Å². The standard InChI is InChI=1S/C18H14N4O7S/c1-29-18(26)14-13(8-3-2-4-9(5-8)22(27)28)10(7-19)17-21(15(14)20)16(25)11(30-17)6-12(23)24/h2-5,11,13H,6,20H2,1H3,(H,23,24). The summed E-state index contributed by atoms with van der Waals surface area (Å²) in [5.74, 6) is -4.25. The number of ether oxygens (including phenoxy) is 1. The van der Waals surface area contributed by atoms with Crippen molar-refractivity contribution in [3.63, 3.8) is 0 Å². The molecule has 1 aromatic carbocycles. The number of aliphatic carboxylic acids is 1. The number of non-ortho nitro benzene ring substituents is 1. The van der Waals surface area contributed by atoms with E-state index in [-0.39, 0.29) is 33.2 Å². The number of carbonyl (C=O) groups excluding carboxylic acids is 2. The van der Waals surface area contributed by atoms with Gasteiger partial charge in [0.25, 0.3) is 5.69 Å². The fraction of sp³-hybridized carbons (Fsp3) is 0.222. The van der Waals surface area contributed by atoms with Crippen LogP contribution in [0.25, 0.3) is 0 Å². The number of fused-ring (bicyclic) bond motifs is 1. The molecule has 0 radical (unpaired) electrons. The Hall–Kier alpha value is -3.85. The normalized spacial score (nSPS) is 20.7. The molecule has 11 nitrogen and oxygen atoms in total. The van der Waals surface area contributed by atoms with Gasteiger partial charge in [-0.05, 0) is 5.56 Å². The Morgan fingerprint density at radius 1 is 1.47 bits per heavy atom. The fourth-order valence-electron chi connectivity index (χ4n) is 3.31. The average molecular weight is 430 g/mol. The molecule has 2 atom stereocenters. The molecular weight excluding hydrogens is 416 g/mol. The van der Waals surface area contributed by atoms with Gasteiger partial charge in [-0.25, -0.2) is 4.79 Å². The molecule has 1 aromatic rings. The Labute approximate surface area is 173 Å². The zero-order valence-electron chi connectivity index (χ0n) is 15.4. The van der Waals surface area contributed by atoms with E-state index in [0.29, 0.717) is 0 Å². The summed E-state index contributed by atoms with van der Waals surface area (Å²) in [6.45, 7) is 0. The van der Waals surface area contributed by atoms with Crippen LogP contribution >= 0.6 is 11.8 Å². The van der Waals surface area contributed by atoms with Gasteiger partial charge >= 0.3 is 11.9 Å². The summed E-state index contributed by atoms with van der Waals surface area (Å²) in [4.78, 5) is 47.9. The maximum atomic E-state index is 12.7. The molecule has 0 aliphatic carbocycles. The molecule has 3 N–H and O–H groups in total. The van der Waals surface area contributed by atoms with Crippen LogP contribution in [0, 0.1) is 21.4 Å². The predicted octanol–water partition coefficient (Wildman–Crippen LogP) is 1.19. The molecule has 3 rings (SSSR count). The number of nitro groups is 1. The number of thioether (sulfide) groups is 1. The number of carbonyl (C=O) groups is 3. The van der Waals surface area contributed by atoms with Crippen molar-refractivity contribution in [2.45, 2.75) is 17.6 Å². The first-order valence-electron chi connectivity index (χ1n) is 8.40. The number of nitrogens with zero attached hydrogens (tertiary/aromatic N) is 3. The van der Waals surface area contributed by atoms with Gasteiger partial charge in [-0.15, -0.1) is 0 Å². The number of carboxylic acids is 1. The van der Waals surface area contributed by atoms with Crippen LogP contribution in [0.3, 0.4) is 0 Å². The van der Waals surface area contributed by atoms with E-state index in [0.717, 1.165) is 23.8 Å². The van der Waals surface area contributed by atoms with Gasteiger partial charge in [-0.2, -0.15) is 5.26 Å². The SMILES string of the molecule is COC(=O)C1=C(N)N2C(=O)C(CC(=O)O)SC2=C(C#N)C1c1cccc([N+](=O)[O-])c1. The zero-order valence-corrected chi connectivity index (χ0v) is 16.2. The van der Waals surface area contributed by atoms with Gasteiger partial charge in [0.15, 0.2) is 0 Å². The highest BCUT2D eigenvalue weighted by atomic mass is 32.2. The van der Waals surface area contributed by atoms with Crippen molar-refractivity contribution in [3.8, 4) is 6.07 Å². The summed E-state index contributed by atoms with van der Waals surface area (Å²) < 4.78 is 4.78. The van der Waals surface area contributed by atoms with Crippen LogP contribution in [0.4, 0.5) is 5.69 Å². The van der Waals surface area contributed by atoms with Crippen LogP contribution in [0.5, 0.6) is 0 Å². The first-order chi connectivity index (χ1) is 14.2. The van der Waals surface area contributed by atoms with Gasteiger partial charge in [-0.3, -0.25) is 24.6 Å². The second kappa shape index (κ2) is 7.88. The second-order valence-corrected chi connectivity index (χ2v) is 7.48. The van der Waals surface area contributed by atoms with Gasteiger partial charge < -0.3 is 15.6 Å².